The van der Waals surface area contributed by atoms with E-state index in [2.05, 4.69) is 113 Å². The van der Waals surface area contributed by atoms with Crippen LogP contribution in [0.3, 0.4) is 0 Å². The molecule has 0 atom stereocenters. The van der Waals surface area contributed by atoms with Gasteiger partial charge in [0, 0.05) is 71.4 Å². The molecule has 0 aliphatic carbocycles. The van der Waals surface area contributed by atoms with E-state index in [1.54, 1.807) is 12.1 Å². The van der Waals surface area contributed by atoms with Gasteiger partial charge < -0.3 is 14.1 Å². The van der Waals surface area contributed by atoms with Crippen molar-refractivity contribution in [3.8, 4) is 22.5 Å². The molecule has 3 aromatic heterocycles. The summed E-state index contributed by atoms with van der Waals surface area (Å²) in [5.41, 5.74) is 8.38. The largest absolute Gasteiger partial charge is 0.354 e. The first-order valence-electron chi connectivity index (χ1n) is 15.3. The highest BCUT2D eigenvalue weighted by atomic mass is 79.9. The maximum absolute atomic E-state index is 11.5. The van der Waals surface area contributed by atoms with Crippen LogP contribution in [0.25, 0.3) is 66.1 Å². The number of aromatic nitrogens is 3. The van der Waals surface area contributed by atoms with Gasteiger partial charge in [0.2, 0.25) is 0 Å². The standard InChI is InChI=1S/C20H13BrN2O2.C20H13BrN2/c21-14-9-10-20(23(24)25)18(13-14)16-7-4-8-19-17(16)11-12-22(19)15-5-2-1-3-6-15;21-13-6-7-17-16(12-13)20-15-10-11-23(14-4-2-1-3-5-14)19(15)9-8-18(20)22-17/h1-13H;1-12,22H. The number of hydrogen-bond acceptors (Lipinski definition) is 2. The van der Waals surface area contributed by atoms with Crippen LogP contribution in [0.5, 0.6) is 0 Å². The van der Waals surface area contributed by atoms with E-state index in [0.29, 0.717) is 5.56 Å². The number of nitro benzene ring substituents is 1. The van der Waals surface area contributed by atoms with Crippen molar-refractivity contribution in [1.82, 2.24) is 14.1 Å². The van der Waals surface area contributed by atoms with Crippen molar-refractivity contribution >= 4 is 81.2 Å². The number of hydrogen-bond donors (Lipinski definition) is 1. The summed E-state index contributed by atoms with van der Waals surface area (Å²) in [7, 11) is 0. The molecule has 0 fully saturated rings. The second kappa shape index (κ2) is 12.3. The Kier molecular flexibility index (Phi) is 7.67. The van der Waals surface area contributed by atoms with Gasteiger partial charge in [-0.2, -0.15) is 0 Å². The molecule has 0 unspecified atom stereocenters. The van der Waals surface area contributed by atoms with E-state index in [-0.39, 0.29) is 10.6 Å². The lowest BCUT2D eigenvalue weighted by Crippen LogP contribution is -1.93. The molecule has 6 nitrogen and oxygen atoms in total. The molecule has 0 saturated carbocycles. The first-order valence-corrected chi connectivity index (χ1v) is 16.9. The third kappa shape index (κ3) is 5.29. The van der Waals surface area contributed by atoms with Crippen molar-refractivity contribution in [2.45, 2.75) is 0 Å². The molecular formula is C40H26Br2N4O2. The van der Waals surface area contributed by atoms with Gasteiger partial charge in [-0.1, -0.05) is 80.4 Å². The second-order valence-corrected chi connectivity index (χ2v) is 13.3. The summed E-state index contributed by atoms with van der Waals surface area (Å²) >= 11 is 7.01. The highest BCUT2D eigenvalue weighted by Gasteiger charge is 2.19. The van der Waals surface area contributed by atoms with Crippen molar-refractivity contribution < 1.29 is 4.92 Å². The Bertz CT molecular complexity index is 2620. The predicted molar refractivity (Wildman–Crippen MR) is 203 cm³/mol. The molecule has 0 spiro atoms. The van der Waals surface area contributed by atoms with Crippen molar-refractivity contribution in [2.24, 2.45) is 0 Å². The summed E-state index contributed by atoms with van der Waals surface area (Å²) in [5.74, 6) is 0. The minimum atomic E-state index is -0.338. The maximum Gasteiger partial charge on any atom is 0.277 e. The van der Waals surface area contributed by atoms with Crippen LogP contribution in [-0.2, 0) is 0 Å². The molecule has 0 saturated heterocycles. The van der Waals surface area contributed by atoms with E-state index >= 15 is 0 Å². The molecule has 0 aliphatic heterocycles. The average molecular weight is 754 g/mol. The maximum atomic E-state index is 11.5. The van der Waals surface area contributed by atoms with Gasteiger partial charge in [0.1, 0.15) is 0 Å². The van der Waals surface area contributed by atoms with Gasteiger partial charge in [-0.15, -0.1) is 0 Å². The zero-order chi connectivity index (χ0) is 32.8. The lowest BCUT2D eigenvalue weighted by Gasteiger charge is -2.08. The normalized spacial score (nSPS) is 11.3. The fourth-order valence-corrected chi connectivity index (χ4v) is 7.22. The smallest absolute Gasteiger partial charge is 0.277 e. The molecule has 6 aromatic carbocycles. The number of aromatic amines is 1. The highest BCUT2D eigenvalue weighted by molar-refractivity contribution is 9.10. The third-order valence-electron chi connectivity index (χ3n) is 8.64. The summed E-state index contributed by atoms with van der Waals surface area (Å²) < 4.78 is 6.24. The Morgan fingerprint density at radius 3 is 1.83 bits per heavy atom. The van der Waals surface area contributed by atoms with Crippen molar-refractivity contribution in [2.75, 3.05) is 0 Å². The molecule has 48 heavy (non-hydrogen) atoms. The Balaban J connectivity index is 0.000000140. The number of fused-ring (bicyclic) bond motifs is 6. The van der Waals surface area contributed by atoms with E-state index in [1.807, 2.05) is 66.9 Å². The summed E-state index contributed by atoms with van der Waals surface area (Å²) in [5, 5.41) is 16.2. The van der Waals surface area contributed by atoms with Crippen molar-refractivity contribution in [3.05, 3.63) is 171 Å². The number of nitro groups is 1. The van der Waals surface area contributed by atoms with Crippen LogP contribution < -0.4 is 0 Å². The molecule has 8 heteroatoms. The first kappa shape index (κ1) is 29.9. The van der Waals surface area contributed by atoms with Gasteiger partial charge in [-0.05, 0) is 90.5 Å². The molecule has 1 N–H and O–H groups in total. The molecule has 232 valence electrons. The number of H-pyrrole nitrogens is 1. The second-order valence-electron chi connectivity index (χ2n) is 11.4. The van der Waals surface area contributed by atoms with Gasteiger partial charge >= 0.3 is 0 Å². The molecule has 9 aromatic rings. The molecule has 0 bridgehead atoms. The summed E-state index contributed by atoms with van der Waals surface area (Å²) in [4.78, 5) is 14.6. The van der Waals surface area contributed by atoms with Gasteiger partial charge in [0.15, 0.2) is 0 Å². The fraction of sp³-hybridized carbons (Fsp3) is 0. The van der Waals surface area contributed by atoms with Gasteiger partial charge in [0.25, 0.3) is 5.69 Å². The van der Waals surface area contributed by atoms with Crippen LogP contribution in [0.4, 0.5) is 5.69 Å². The zero-order valence-electron chi connectivity index (χ0n) is 25.3. The minimum absolute atomic E-state index is 0.100. The highest BCUT2D eigenvalue weighted by Crippen LogP contribution is 2.38. The average Bonchev–Trinajstić information content (AvgIpc) is 3.84. The lowest BCUT2D eigenvalue weighted by atomic mass is 10.00. The zero-order valence-corrected chi connectivity index (χ0v) is 28.5. The van der Waals surface area contributed by atoms with E-state index in [4.69, 9.17) is 0 Å². The van der Waals surface area contributed by atoms with Crippen LogP contribution in [0.1, 0.15) is 0 Å². The number of nitrogens with one attached hydrogen (secondary N) is 1. The Hall–Kier alpha value is -5.44. The van der Waals surface area contributed by atoms with E-state index in [9.17, 15) is 10.1 Å². The van der Waals surface area contributed by atoms with E-state index in [1.165, 1.54) is 44.5 Å². The molecule has 0 radical (unpaired) electrons. The monoisotopic (exact) mass is 752 g/mol. The number of halogens is 2. The van der Waals surface area contributed by atoms with Crippen molar-refractivity contribution in [1.29, 1.82) is 0 Å². The molecule has 0 aliphatic rings. The number of rotatable bonds is 4. The summed E-state index contributed by atoms with van der Waals surface area (Å²) in [6.45, 7) is 0. The number of nitrogens with zero attached hydrogens (tertiary/aromatic N) is 3. The minimum Gasteiger partial charge on any atom is -0.354 e. The van der Waals surface area contributed by atoms with Gasteiger partial charge in [0.05, 0.1) is 21.5 Å². The molecular weight excluding hydrogens is 728 g/mol. The van der Waals surface area contributed by atoms with Crippen molar-refractivity contribution in [3.63, 3.8) is 0 Å². The number of para-hydroxylation sites is 2. The van der Waals surface area contributed by atoms with Crippen LogP contribution in [0.2, 0.25) is 0 Å². The van der Waals surface area contributed by atoms with E-state index in [0.717, 1.165) is 31.1 Å². The predicted octanol–water partition coefficient (Wildman–Crippen LogP) is 12.0. The molecule has 0 amide bonds. The number of benzene rings is 6. The lowest BCUT2D eigenvalue weighted by molar-refractivity contribution is -0.384. The van der Waals surface area contributed by atoms with Crippen LogP contribution in [0, 0.1) is 10.1 Å². The van der Waals surface area contributed by atoms with Crippen LogP contribution in [-0.4, -0.2) is 19.0 Å². The van der Waals surface area contributed by atoms with Crippen LogP contribution >= 0.6 is 31.9 Å². The Morgan fingerprint density at radius 1 is 0.542 bits per heavy atom. The SMILES string of the molecule is Brc1ccc2[nH]c3ccc4c(ccn4-c4ccccc4)c3c2c1.O=[N+]([O-])c1ccc(Br)cc1-c1cccc2c1ccn2-c1ccccc1. The van der Waals surface area contributed by atoms with Gasteiger partial charge in [-0.3, -0.25) is 10.1 Å². The van der Waals surface area contributed by atoms with Crippen LogP contribution in [0.15, 0.2) is 161 Å². The molecule has 9 rings (SSSR count). The fourth-order valence-electron chi connectivity index (χ4n) is 6.50. The third-order valence-corrected chi connectivity index (χ3v) is 9.63. The quantitative estimate of drug-likeness (QED) is 0.144. The van der Waals surface area contributed by atoms with E-state index < -0.39 is 0 Å². The Morgan fingerprint density at radius 2 is 1.15 bits per heavy atom. The Labute approximate surface area is 292 Å². The summed E-state index contributed by atoms with van der Waals surface area (Å²) in [6, 6.07) is 46.3. The molecule has 3 heterocycles. The first-order chi connectivity index (χ1) is 23.5. The summed E-state index contributed by atoms with van der Waals surface area (Å²) in [6.07, 6.45) is 4.14. The topological polar surface area (TPSA) is 68.8 Å². The van der Waals surface area contributed by atoms with Gasteiger partial charge in [-0.25, -0.2) is 0 Å².